The Bertz CT molecular complexity index is 1090. The van der Waals surface area contributed by atoms with Crippen LogP contribution in [0.25, 0.3) is 5.57 Å². The highest BCUT2D eigenvalue weighted by Gasteiger charge is 2.36. The number of para-hydroxylation sites is 1. The number of dihydropyridines is 1. The quantitative estimate of drug-likeness (QED) is 0.301. The fourth-order valence-electron chi connectivity index (χ4n) is 4.15. The van der Waals surface area contributed by atoms with Crippen molar-refractivity contribution >= 4 is 28.6 Å². The Hall–Kier alpha value is -3.72. The van der Waals surface area contributed by atoms with Crippen LogP contribution in [0.15, 0.2) is 53.9 Å². The molecule has 166 valence electrons. The van der Waals surface area contributed by atoms with E-state index in [9.17, 15) is 14.5 Å². The largest absolute Gasteiger partial charge is 0.387 e. The lowest BCUT2D eigenvalue weighted by molar-refractivity contribution is -0.125. The van der Waals surface area contributed by atoms with Crippen LogP contribution in [0.1, 0.15) is 35.1 Å². The van der Waals surface area contributed by atoms with E-state index in [0.29, 0.717) is 29.9 Å². The molecule has 9 nitrogen and oxygen atoms in total. The molecule has 1 aromatic heterocycles. The number of amides is 1. The van der Waals surface area contributed by atoms with Gasteiger partial charge in [-0.15, -0.1) is 0 Å². The van der Waals surface area contributed by atoms with E-state index in [4.69, 9.17) is 5.84 Å². The van der Waals surface area contributed by atoms with Gasteiger partial charge in [-0.3, -0.25) is 14.6 Å². The number of carbonyl (C=O) groups excluding carboxylic acids is 2. The number of aromatic nitrogens is 1. The predicted molar refractivity (Wildman–Crippen MR) is 123 cm³/mol. The summed E-state index contributed by atoms with van der Waals surface area (Å²) in [6.45, 7) is 2.36. The lowest BCUT2D eigenvalue weighted by Crippen LogP contribution is -2.41. The van der Waals surface area contributed by atoms with E-state index < -0.39 is 5.92 Å². The summed E-state index contributed by atoms with van der Waals surface area (Å²) >= 11 is 0. The summed E-state index contributed by atoms with van der Waals surface area (Å²) in [4.78, 5) is 39.8. The summed E-state index contributed by atoms with van der Waals surface area (Å²) in [5.41, 5.74) is 4.21. The van der Waals surface area contributed by atoms with Gasteiger partial charge in [-0.2, -0.15) is 4.91 Å². The number of rotatable bonds is 7. The number of hydrogen-bond acceptors (Lipinski definition) is 7. The van der Waals surface area contributed by atoms with E-state index in [2.05, 4.69) is 20.8 Å². The molecule has 9 heteroatoms. The number of hydrogen-bond donors (Lipinski definition) is 4. The Morgan fingerprint density at radius 3 is 2.78 bits per heavy atom. The zero-order valence-corrected chi connectivity index (χ0v) is 17.8. The summed E-state index contributed by atoms with van der Waals surface area (Å²) in [7, 11) is 0. The highest BCUT2D eigenvalue weighted by molar-refractivity contribution is 6.08. The lowest BCUT2D eigenvalue weighted by Gasteiger charge is -2.25. The minimum Gasteiger partial charge on any atom is -0.387 e. The average molecular weight is 435 g/mol. The van der Waals surface area contributed by atoms with Crippen molar-refractivity contribution in [2.24, 2.45) is 16.9 Å². The van der Waals surface area contributed by atoms with Gasteiger partial charge in [0, 0.05) is 31.1 Å². The van der Waals surface area contributed by atoms with Gasteiger partial charge in [-0.05, 0) is 36.9 Å². The normalized spacial score (nSPS) is 18.2. The third-order valence-electron chi connectivity index (χ3n) is 5.70. The molecule has 1 amide bonds. The SMILES string of the molecule is C[C@@H](CN=O)NC(=O)C1CC(=O)c2c([nH]c(C3=CCNC=C3)c2N(N)c2ccccc2)C1. The molecular formula is C23H26N6O3. The van der Waals surface area contributed by atoms with Crippen LogP contribution in [0.2, 0.25) is 0 Å². The number of fused-ring (bicyclic) bond motifs is 1. The van der Waals surface area contributed by atoms with Crippen molar-refractivity contribution in [3.05, 3.63) is 70.5 Å². The van der Waals surface area contributed by atoms with Crippen molar-refractivity contribution < 1.29 is 9.59 Å². The number of nitroso groups, excluding NO2 is 1. The lowest BCUT2D eigenvalue weighted by atomic mass is 9.85. The van der Waals surface area contributed by atoms with Crippen LogP contribution in [-0.2, 0) is 11.2 Å². The number of allylic oxidation sites excluding steroid dienone is 2. The predicted octanol–water partition coefficient (Wildman–Crippen LogP) is 2.54. The van der Waals surface area contributed by atoms with Gasteiger partial charge in [0.25, 0.3) is 0 Å². The van der Waals surface area contributed by atoms with Gasteiger partial charge in [0.15, 0.2) is 5.78 Å². The molecule has 2 heterocycles. The van der Waals surface area contributed by atoms with Crippen molar-refractivity contribution in [3.63, 3.8) is 0 Å². The molecule has 0 saturated heterocycles. The van der Waals surface area contributed by atoms with E-state index in [-0.39, 0.29) is 30.7 Å². The first kappa shape index (κ1) is 21.5. The maximum Gasteiger partial charge on any atom is 0.224 e. The minimum absolute atomic E-state index is 0.0117. The maximum atomic E-state index is 13.3. The Kier molecular flexibility index (Phi) is 6.18. The Morgan fingerprint density at radius 1 is 1.31 bits per heavy atom. The zero-order chi connectivity index (χ0) is 22.7. The summed E-state index contributed by atoms with van der Waals surface area (Å²) in [6, 6.07) is 9.04. The minimum atomic E-state index is -0.524. The van der Waals surface area contributed by atoms with E-state index in [0.717, 1.165) is 17.0 Å². The smallest absolute Gasteiger partial charge is 0.224 e. The fourth-order valence-corrected chi connectivity index (χ4v) is 4.15. The zero-order valence-electron chi connectivity index (χ0n) is 17.8. The van der Waals surface area contributed by atoms with Crippen LogP contribution < -0.4 is 21.5 Å². The Morgan fingerprint density at radius 2 is 2.09 bits per heavy atom. The third kappa shape index (κ3) is 4.19. The van der Waals surface area contributed by atoms with E-state index in [1.807, 2.05) is 48.7 Å². The number of nitrogens with zero attached hydrogens (tertiary/aromatic N) is 2. The van der Waals surface area contributed by atoms with Crippen LogP contribution in [0.4, 0.5) is 11.4 Å². The Balaban J connectivity index is 1.72. The second kappa shape index (κ2) is 9.19. The Labute approximate surface area is 185 Å². The molecule has 0 radical (unpaired) electrons. The number of carbonyl (C=O) groups is 2. The van der Waals surface area contributed by atoms with Crippen molar-refractivity contribution in [2.75, 3.05) is 18.1 Å². The van der Waals surface area contributed by atoms with Gasteiger partial charge in [0.1, 0.15) is 6.54 Å². The summed E-state index contributed by atoms with van der Waals surface area (Å²) in [5.74, 6) is 5.60. The standard InChI is InChI=1S/C23H26N6O3/c1-14(13-26-32)27-23(31)16-11-18-20(19(30)12-16)22(29(24)17-5-3-2-4-6-17)21(28-18)15-7-9-25-10-8-15/h2-9,14,16,25,28H,10-13,24H2,1H3,(H,27,31)/t14-,16?/m0/s1. The molecule has 4 rings (SSSR count). The number of ketones is 1. The molecule has 0 spiro atoms. The second-order valence-corrected chi connectivity index (χ2v) is 8.06. The third-order valence-corrected chi connectivity index (χ3v) is 5.70. The molecule has 1 aliphatic carbocycles. The summed E-state index contributed by atoms with van der Waals surface area (Å²) in [6.07, 6.45) is 6.24. The van der Waals surface area contributed by atoms with Crippen molar-refractivity contribution in [3.8, 4) is 0 Å². The molecule has 1 unspecified atom stereocenters. The molecule has 2 atom stereocenters. The first-order valence-electron chi connectivity index (χ1n) is 10.6. The average Bonchev–Trinajstić information content (AvgIpc) is 3.20. The highest BCUT2D eigenvalue weighted by Crippen LogP contribution is 2.40. The topological polar surface area (TPSA) is 133 Å². The molecule has 32 heavy (non-hydrogen) atoms. The van der Waals surface area contributed by atoms with Gasteiger partial charge in [0.2, 0.25) is 5.91 Å². The van der Waals surface area contributed by atoms with E-state index in [1.54, 1.807) is 6.92 Å². The van der Waals surface area contributed by atoms with Gasteiger partial charge >= 0.3 is 0 Å². The number of aromatic amines is 1. The molecule has 2 aromatic rings. The van der Waals surface area contributed by atoms with Crippen LogP contribution in [0.5, 0.6) is 0 Å². The molecule has 0 saturated carbocycles. The molecule has 2 aliphatic rings. The van der Waals surface area contributed by atoms with Crippen LogP contribution >= 0.6 is 0 Å². The number of benzene rings is 1. The summed E-state index contributed by atoms with van der Waals surface area (Å²) < 4.78 is 0. The molecule has 5 N–H and O–H groups in total. The van der Waals surface area contributed by atoms with Gasteiger partial charge in [-0.25, -0.2) is 5.84 Å². The highest BCUT2D eigenvalue weighted by atomic mass is 16.3. The number of nitrogens with two attached hydrogens (primary N) is 1. The van der Waals surface area contributed by atoms with Gasteiger partial charge < -0.3 is 15.6 Å². The van der Waals surface area contributed by atoms with Crippen molar-refractivity contribution in [1.29, 1.82) is 0 Å². The number of Topliss-reactive ketones (excluding diaryl/α,β-unsaturated/α-hetero) is 1. The van der Waals surface area contributed by atoms with Gasteiger partial charge in [-0.1, -0.05) is 29.5 Å². The maximum absolute atomic E-state index is 13.3. The van der Waals surface area contributed by atoms with Crippen molar-refractivity contribution in [1.82, 2.24) is 15.6 Å². The fraction of sp³-hybridized carbons (Fsp3) is 0.304. The second-order valence-electron chi connectivity index (χ2n) is 8.06. The molecule has 1 aliphatic heterocycles. The van der Waals surface area contributed by atoms with Crippen LogP contribution in [-0.4, -0.2) is 35.8 Å². The van der Waals surface area contributed by atoms with Gasteiger partial charge in [0.05, 0.1) is 28.6 Å². The summed E-state index contributed by atoms with van der Waals surface area (Å²) in [5, 5.41) is 10.2. The molecule has 0 bridgehead atoms. The molecular weight excluding hydrogens is 408 g/mol. The molecule has 0 fully saturated rings. The van der Waals surface area contributed by atoms with Crippen LogP contribution in [0, 0.1) is 10.8 Å². The first-order chi connectivity index (χ1) is 15.5. The van der Waals surface area contributed by atoms with E-state index >= 15 is 0 Å². The number of H-pyrrole nitrogens is 1. The van der Waals surface area contributed by atoms with Crippen molar-refractivity contribution in [2.45, 2.75) is 25.8 Å². The number of nitrogens with one attached hydrogen (secondary N) is 3. The number of anilines is 2. The first-order valence-corrected chi connectivity index (χ1v) is 10.6. The number of hydrazine groups is 1. The molecule has 1 aromatic carbocycles. The monoisotopic (exact) mass is 434 g/mol. The van der Waals surface area contributed by atoms with Crippen LogP contribution in [0.3, 0.4) is 0 Å². The van der Waals surface area contributed by atoms with E-state index in [1.165, 1.54) is 5.01 Å².